The Morgan fingerprint density at radius 1 is 1.41 bits per heavy atom. The van der Waals surface area contributed by atoms with Gasteiger partial charge in [-0.2, -0.15) is 0 Å². The van der Waals surface area contributed by atoms with E-state index < -0.39 is 6.03 Å². The minimum absolute atomic E-state index is 0.153. The number of hydrogen-bond acceptors (Lipinski definition) is 4. The van der Waals surface area contributed by atoms with E-state index in [1.807, 2.05) is 25.1 Å². The Kier molecular flexibility index (Phi) is 4.84. The van der Waals surface area contributed by atoms with Crippen LogP contribution < -0.4 is 16.4 Å². The van der Waals surface area contributed by atoms with Gasteiger partial charge in [0.1, 0.15) is 0 Å². The molecular weight excluding hydrogens is 238 g/mol. The lowest BCUT2D eigenvalue weighted by Crippen LogP contribution is -2.38. The summed E-state index contributed by atoms with van der Waals surface area (Å²) in [6.45, 7) is 1.95. The minimum atomic E-state index is -0.507. The van der Waals surface area contributed by atoms with Crippen molar-refractivity contribution >= 4 is 29.4 Å². The van der Waals surface area contributed by atoms with Gasteiger partial charge in [0.25, 0.3) is 0 Å². The third-order valence-electron chi connectivity index (χ3n) is 2.00. The molecule has 1 aromatic rings. The number of amides is 3. The topological polar surface area (TPSA) is 84.2 Å². The van der Waals surface area contributed by atoms with Crippen molar-refractivity contribution in [3.63, 3.8) is 0 Å². The van der Waals surface area contributed by atoms with Crippen LogP contribution in [0.25, 0.3) is 0 Å². The molecule has 0 saturated heterocycles. The Labute approximate surface area is 104 Å². The molecule has 0 aromatic heterocycles. The first kappa shape index (κ1) is 13.4. The predicted molar refractivity (Wildman–Crippen MR) is 68.9 cm³/mol. The predicted octanol–water partition coefficient (Wildman–Crippen LogP) is 1.12. The number of nitrogen functional groups attached to an aromatic ring is 1. The van der Waals surface area contributed by atoms with Crippen molar-refractivity contribution in [2.45, 2.75) is 11.8 Å². The van der Waals surface area contributed by atoms with Crippen molar-refractivity contribution < 1.29 is 9.59 Å². The molecule has 0 radical (unpaired) electrons. The maximum absolute atomic E-state index is 11.3. The van der Waals surface area contributed by atoms with Gasteiger partial charge in [-0.1, -0.05) is 6.07 Å². The van der Waals surface area contributed by atoms with Crippen molar-refractivity contribution in [2.75, 3.05) is 18.5 Å². The number of carbonyl (C=O) groups excluding carboxylic acids is 2. The number of nitrogens with one attached hydrogen (secondary N) is 2. The molecule has 6 heteroatoms. The van der Waals surface area contributed by atoms with E-state index in [2.05, 4.69) is 10.6 Å². The zero-order valence-corrected chi connectivity index (χ0v) is 10.6. The number of carbonyl (C=O) groups is 2. The second-order valence-electron chi connectivity index (χ2n) is 3.46. The average Bonchev–Trinajstić information content (AvgIpc) is 2.27. The minimum Gasteiger partial charge on any atom is -0.398 e. The van der Waals surface area contributed by atoms with E-state index >= 15 is 0 Å². The molecule has 0 bridgehead atoms. The third kappa shape index (κ3) is 4.36. The Morgan fingerprint density at radius 2 is 2.12 bits per heavy atom. The smallest absolute Gasteiger partial charge is 0.321 e. The van der Waals surface area contributed by atoms with Crippen molar-refractivity contribution in [1.29, 1.82) is 0 Å². The first-order chi connectivity index (χ1) is 8.02. The SMILES string of the molecule is CNC(=O)NC(=O)CSc1ccc(C)cc1N. The summed E-state index contributed by atoms with van der Waals surface area (Å²) in [6, 6.07) is 5.13. The van der Waals surface area contributed by atoms with E-state index in [0.29, 0.717) is 5.69 Å². The molecule has 3 amide bonds. The van der Waals surface area contributed by atoms with Crippen molar-refractivity contribution in [2.24, 2.45) is 0 Å². The van der Waals surface area contributed by atoms with E-state index in [4.69, 9.17) is 5.73 Å². The van der Waals surface area contributed by atoms with Crippen molar-refractivity contribution in [1.82, 2.24) is 10.6 Å². The number of aryl methyl sites for hydroxylation is 1. The van der Waals surface area contributed by atoms with Crippen LogP contribution in [-0.4, -0.2) is 24.7 Å². The van der Waals surface area contributed by atoms with E-state index in [9.17, 15) is 9.59 Å². The van der Waals surface area contributed by atoms with Crippen molar-refractivity contribution in [3.05, 3.63) is 23.8 Å². The van der Waals surface area contributed by atoms with Gasteiger partial charge >= 0.3 is 6.03 Å². The first-order valence-corrected chi connectivity index (χ1v) is 6.02. The zero-order valence-electron chi connectivity index (χ0n) is 9.74. The van der Waals surface area contributed by atoms with Crippen LogP contribution in [0.4, 0.5) is 10.5 Å². The van der Waals surface area contributed by atoms with Crippen LogP contribution in [0.3, 0.4) is 0 Å². The zero-order chi connectivity index (χ0) is 12.8. The normalized spacial score (nSPS) is 9.76. The Bertz CT molecular complexity index is 435. The molecule has 4 N–H and O–H groups in total. The number of imide groups is 1. The van der Waals surface area contributed by atoms with Gasteiger partial charge in [-0.25, -0.2) is 4.79 Å². The molecule has 17 heavy (non-hydrogen) atoms. The highest BCUT2D eigenvalue weighted by Crippen LogP contribution is 2.25. The largest absolute Gasteiger partial charge is 0.398 e. The Hall–Kier alpha value is -1.69. The quantitative estimate of drug-likeness (QED) is 0.557. The number of benzene rings is 1. The van der Waals surface area contributed by atoms with Crippen LogP contribution in [0.5, 0.6) is 0 Å². The second kappa shape index (κ2) is 6.15. The lowest BCUT2D eigenvalue weighted by atomic mass is 10.2. The van der Waals surface area contributed by atoms with Gasteiger partial charge in [-0.05, 0) is 24.6 Å². The summed E-state index contributed by atoms with van der Waals surface area (Å²) in [4.78, 5) is 23.0. The molecule has 0 fully saturated rings. The molecule has 0 atom stereocenters. The number of hydrogen-bond donors (Lipinski definition) is 3. The molecule has 5 nitrogen and oxygen atoms in total. The fourth-order valence-electron chi connectivity index (χ4n) is 1.17. The van der Waals surface area contributed by atoms with Gasteiger partial charge in [0.15, 0.2) is 0 Å². The molecule has 1 rings (SSSR count). The fourth-order valence-corrected chi connectivity index (χ4v) is 1.92. The van der Waals surface area contributed by atoms with Crippen LogP contribution in [0, 0.1) is 6.92 Å². The Morgan fingerprint density at radius 3 is 2.71 bits per heavy atom. The van der Waals surface area contributed by atoms with Gasteiger partial charge in [-0.15, -0.1) is 11.8 Å². The molecular formula is C11H15N3O2S. The van der Waals surface area contributed by atoms with E-state index in [1.54, 1.807) is 0 Å². The maximum atomic E-state index is 11.3. The lowest BCUT2D eigenvalue weighted by Gasteiger charge is -2.06. The number of nitrogens with two attached hydrogens (primary N) is 1. The van der Waals surface area contributed by atoms with Gasteiger partial charge in [0, 0.05) is 17.6 Å². The molecule has 0 aliphatic heterocycles. The fraction of sp³-hybridized carbons (Fsp3) is 0.273. The summed E-state index contributed by atoms with van der Waals surface area (Å²) in [5, 5.41) is 4.49. The average molecular weight is 253 g/mol. The summed E-state index contributed by atoms with van der Waals surface area (Å²) >= 11 is 1.30. The third-order valence-corrected chi connectivity index (χ3v) is 3.09. The van der Waals surface area contributed by atoms with Crippen molar-refractivity contribution in [3.8, 4) is 0 Å². The molecule has 0 heterocycles. The maximum Gasteiger partial charge on any atom is 0.321 e. The Balaban J connectivity index is 2.50. The number of thioether (sulfide) groups is 1. The van der Waals surface area contributed by atoms with Gasteiger partial charge in [0.05, 0.1) is 5.75 Å². The highest BCUT2D eigenvalue weighted by Gasteiger charge is 2.07. The van der Waals surface area contributed by atoms with Gasteiger partial charge in [-0.3, -0.25) is 10.1 Å². The van der Waals surface area contributed by atoms with E-state index in [1.165, 1.54) is 18.8 Å². The second-order valence-corrected chi connectivity index (χ2v) is 4.47. The molecule has 0 spiro atoms. The molecule has 0 saturated carbocycles. The molecule has 1 aromatic carbocycles. The molecule has 0 unspecified atom stereocenters. The first-order valence-electron chi connectivity index (χ1n) is 5.03. The molecule has 0 aliphatic rings. The summed E-state index contributed by atoms with van der Waals surface area (Å²) in [5.41, 5.74) is 7.52. The van der Waals surface area contributed by atoms with Crippen LogP contribution in [-0.2, 0) is 4.79 Å². The van der Waals surface area contributed by atoms with Crippen LogP contribution in [0.2, 0.25) is 0 Å². The summed E-state index contributed by atoms with van der Waals surface area (Å²) in [7, 11) is 1.45. The van der Waals surface area contributed by atoms with Crippen LogP contribution in [0.15, 0.2) is 23.1 Å². The summed E-state index contributed by atoms with van der Waals surface area (Å²) < 4.78 is 0. The van der Waals surface area contributed by atoms with Gasteiger partial charge < -0.3 is 11.1 Å². The van der Waals surface area contributed by atoms with E-state index in [-0.39, 0.29) is 11.7 Å². The summed E-state index contributed by atoms with van der Waals surface area (Å²) in [5.74, 6) is -0.199. The highest BCUT2D eigenvalue weighted by atomic mass is 32.2. The summed E-state index contributed by atoms with van der Waals surface area (Å²) in [6.07, 6.45) is 0. The number of anilines is 1. The highest BCUT2D eigenvalue weighted by molar-refractivity contribution is 8.00. The molecule has 92 valence electrons. The van der Waals surface area contributed by atoms with Crippen LogP contribution in [0.1, 0.15) is 5.56 Å². The van der Waals surface area contributed by atoms with Gasteiger partial charge in [0.2, 0.25) is 5.91 Å². The standard InChI is InChI=1S/C11H15N3O2S/c1-7-3-4-9(8(12)5-7)17-6-10(15)14-11(16)13-2/h3-5H,6,12H2,1-2H3,(H2,13,14,15,16). The lowest BCUT2D eigenvalue weighted by molar-refractivity contribution is -0.117. The monoisotopic (exact) mass is 253 g/mol. The number of urea groups is 1. The number of rotatable bonds is 3. The molecule has 0 aliphatic carbocycles. The van der Waals surface area contributed by atoms with Crippen LogP contribution >= 0.6 is 11.8 Å². The van der Waals surface area contributed by atoms with E-state index in [0.717, 1.165) is 10.5 Å².